The molecule has 1 aliphatic carbocycles. The van der Waals surface area contributed by atoms with E-state index in [9.17, 15) is 18.0 Å². The first kappa shape index (κ1) is 16.1. The summed E-state index contributed by atoms with van der Waals surface area (Å²) >= 11 is 0. The number of amides is 1. The minimum absolute atomic E-state index is 0.205. The van der Waals surface area contributed by atoms with Crippen LogP contribution in [0.4, 0.5) is 18.9 Å². The second-order valence-corrected chi connectivity index (χ2v) is 6.17. The molecular weight excluding hydrogens is 309 g/mol. The number of halogens is 3. The van der Waals surface area contributed by atoms with E-state index >= 15 is 0 Å². The Morgan fingerprint density at radius 3 is 2.78 bits per heavy atom. The van der Waals surface area contributed by atoms with Crippen molar-refractivity contribution in [3.63, 3.8) is 0 Å². The number of hydrogen-bond acceptors (Lipinski definition) is 3. The van der Waals surface area contributed by atoms with Gasteiger partial charge in [0.05, 0.1) is 6.04 Å². The van der Waals surface area contributed by atoms with E-state index in [4.69, 9.17) is 0 Å². The van der Waals surface area contributed by atoms with Gasteiger partial charge in [-0.1, -0.05) is 18.9 Å². The van der Waals surface area contributed by atoms with Crippen molar-refractivity contribution in [1.82, 2.24) is 5.32 Å². The normalized spacial score (nSPS) is 27.3. The fourth-order valence-electron chi connectivity index (χ4n) is 3.52. The fraction of sp³-hybridized carbons (Fsp3) is 0.562. The molecular formula is C16H19F3N2O2. The Bertz CT molecular complexity index is 563. The molecule has 1 aromatic rings. The lowest BCUT2D eigenvalue weighted by atomic mass is 9.85. The highest BCUT2D eigenvalue weighted by molar-refractivity contribution is 5.95. The van der Waals surface area contributed by atoms with Crippen molar-refractivity contribution in [1.29, 1.82) is 0 Å². The molecule has 2 aliphatic rings. The van der Waals surface area contributed by atoms with E-state index in [-0.39, 0.29) is 17.7 Å². The minimum atomic E-state index is -4.74. The number of hydrogen-bond donors (Lipinski definition) is 2. The SMILES string of the molecule is O=C(Nc1cccc(OC(F)(F)F)c1)C1CC2CCCCC2N1. The molecule has 2 fully saturated rings. The van der Waals surface area contributed by atoms with E-state index in [0.717, 1.165) is 19.3 Å². The summed E-state index contributed by atoms with van der Waals surface area (Å²) in [4.78, 5) is 12.3. The van der Waals surface area contributed by atoms with Gasteiger partial charge in [0, 0.05) is 17.8 Å². The first-order valence-corrected chi connectivity index (χ1v) is 7.83. The zero-order valence-corrected chi connectivity index (χ0v) is 12.5. The number of ether oxygens (including phenoxy) is 1. The Morgan fingerprint density at radius 2 is 2.04 bits per heavy atom. The van der Waals surface area contributed by atoms with E-state index in [0.29, 0.717) is 17.6 Å². The Labute approximate surface area is 132 Å². The molecule has 0 bridgehead atoms. The van der Waals surface area contributed by atoms with Crippen LogP contribution in [0.5, 0.6) is 5.75 Å². The topological polar surface area (TPSA) is 50.4 Å². The van der Waals surface area contributed by atoms with Gasteiger partial charge in [-0.25, -0.2) is 0 Å². The second kappa shape index (κ2) is 6.39. The first-order valence-electron chi connectivity index (χ1n) is 7.83. The Hall–Kier alpha value is -1.76. The predicted molar refractivity (Wildman–Crippen MR) is 79.0 cm³/mol. The summed E-state index contributed by atoms with van der Waals surface area (Å²) in [6, 6.07) is 5.44. The van der Waals surface area contributed by atoms with Crippen molar-refractivity contribution < 1.29 is 22.7 Å². The van der Waals surface area contributed by atoms with Crippen molar-refractivity contribution >= 4 is 11.6 Å². The zero-order valence-electron chi connectivity index (χ0n) is 12.5. The largest absolute Gasteiger partial charge is 0.573 e. The van der Waals surface area contributed by atoms with Crippen LogP contribution in [-0.4, -0.2) is 24.4 Å². The molecule has 7 heteroatoms. The summed E-state index contributed by atoms with van der Waals surface area (Å²) in [6.07, 6.45) is 0.646. The number of anilines is 1. The smallest absolute Gasteiger partial charge is 0.406 e. The third kappa shape index (κ3) is 4.16. The summed E-state index contributed by atoms with van der Waals surface area (Å²) < 4.78 is 40.6. The number of carbonyl (C=O) groups excluding carboxylic acids is 1. The van der Waals surface area contributed by atoms with Gasteiger partial charge >= 0.3 is 6.36 Å². The van der Waals surface area contributed by atoms with E-state index in [1.54, 1.807) is 6.07 Å². The van der Waals surface area contributed by atoms with Gasteiger partial charge in [-0.05, 0) is 37.3 Å². The molecule has 1 aliphatic heterocycles. The van der Waals surface area contributed by atoms with E-state index in [1.807, 2.05) is 0 Å². The first-order chi connectivity index (χ1) is 10.9. The summed E-state index contributed by atoms with van der Waals surface area (Å²) in [5, 5.41) is 6.01. The van der Waals surface area contributed by atoms with Crippen LogP contribution in [0.25, 0.3) is 0 Å². The van der Waals surface area contributed by atoms with Crippen molar-refractivity contribution in [2.75, 3.05) is 5.32 Å². The van der Waals surface area contributed by atoms with Crippen LogP contribution in [0, 0.1) is 5.92 Å². The van der Waals surface area contributed by atoms with Crippen molar-refractivity contribution in [3.8, 4) is 5.75 Å². The third-order valence-electron chi connectivity index (χ3n) is 4.51. The molecule has 0 spiro atoms. The Morgan fingerprint density at radius 1 is 1.26 bits per heavy atom. The predicted octanol–water partition coefficient (Wildman–Crippen LogP) is 3.44. The van der Waals surface area contributed by atoms with Crippen LogP contribution < -0.4 is 15.4 Å². The molecule has 3 atom stereocenters. The van der Waals surface area contributed by atoms with Crippen molar-refractivity contribution in [3.05, 3.63) is 24.3 Å². The minimum Gasteiger partial charge on any atom is -0.406 e. The summed E-state index contributed by atoms with van der Waals surface area (Å²) in [7, 11) is 0. The Kier molecular flexibility index (Phi) is 4.48. The van der Waals surface area contributed by atoms with E-state index in [1.165, 1.54) is 31.0 Å². The number of nitrogens with one attached hydrogen (secondary N) is 2. The molecule has 0 aromatic heterocycles. The number of fused-ring (bicyclic) bond motifs is 1. The Balaban J connectivity index is 1.61. The molecule has 3 rings (SSSR count). The molecule has 4 nitrogen and oxygen atoms in total. The van der Waals surface area contributed by atoms with Gasteiger partial charge in [0.1, 0.15) is 5.75 Å². The van der Waals surface area contributed by atoms with Crippen LogP contribution in [0.15, 0.2) is 24.3 Å². The molecule has 1 amide bonds. The molecule has 2 N–H and O–H groups in total. The van der Waals surface area contributed by atoms with Gasteiger partial charge in [-0.15, -0.1) is 13.2 Å². The number of carbonyl (C=O) groups is 1. The molecule has 1 saturated heterocycles. The number of alkyl halides is 3. The van der Waals surface area contributed by atoms with Gasteiger partial charge in [0.15, 0.2) is 0 Å². The number of rotatable bonds is 3. The van der Waals surface area contributed by atoms with Crippen molar-refractivity contribution in [2.24, 2.45) is 5.92 Å². The molecule has 3 unspecified atom stereocenters. The molecule has 23 heavy (non-hydrogen) atoms. The second-order valence-electron chi connectivity index (χ2n) is 6.17. The zero-order chi connectivity index (χ0) is 16.4. The average molecular weight is 328 g/mol. The molecule has 0 radical (unpaired) electrons. The van der Waals surface area contributed by atoms with Crippen LogP contribution in [0.1, 0.15) is 32.1 Å². The molecule has 1 saturated carbocycles. The van der Waals surface area contributed by atoms with E-state index in [2.05, 4.69) is 15.4 Å². The van der Waals surface area contributed by atoms with Gasteiger partial charge in [0.2, 0.25) is 5.91 Å². The summed E-state index contributed by atoms with van der Waals surface area (Å²) in [6.45, 7) is 0. The quantitative estimate of drug-likeness (QED) is 0.893. The van der Waals surface area contributed by atoms with Gasteiger partial charge in [0.25, 0.3) is 0 Å². The lowest BCUT2D eigenvalue weighted by Crippen LogP contribution is -2.39. The standard InChI is InChI=1S/C16H19F3N2O2/c17-16(18,19)23-12-6-3-5-11(9-12)20-15(22)14-8-10-4-1-2-7-13(10)21-14/h3,5-6,9-10,13-14,21H,1-2,4,7-8H2,(H,20,22). The highest BCUT2D eigenvalue weighted by Gasteiger charge is 2.38. The average Bonchev–Trinajstić information content (AvgIpc) is 2.90. The highest BCUT2D eigenvalue weighted by atomic mass is 19.4. The lowest BCUT2D eigenvalue weighted by molar-refractivity contribution is -0.274. The van der Waals surface area contributed by atoms with Crippen LogP contribution in [-0.2, 0) is 4.79 Å². The summed E-state index contributed by atoms with van der Waals surface area (Å²) in [5.41, 5.74) is 0.299. The van der Waals surface area contributed by atoms with Crippen LogP contribution >= 0.6 is 0 Å². The summed E-state index contributed by atoms with van der Waals surface area (Å²) in [5.74, 6) is -0.0219. The van der Waals surface area contributed by atoms with Gasteiger partial charge in [-0.2, -0.15) is 0 Å². The van der Waals surface area contributed by atoms with Gasteiger partial charge < -0.3 is 15.4 Å². The maximum Gasteiger partial charge on any atom is 0.573 e. The van der Waals surface area contributed by atoms with Crippen molar-refractivity contribution in [2.45, 2.75) is 50.6 Å². The van der Waals surface area contributed by atoms with Crippen LogP contribution in [0.3, 0.4) is 0 Å². The monoisotopic (exact) mass is 328 g/mol. The van der Waals surface area contributed by atoms with Crippen LogP contribution in [0.2, 0.25) is 0 Å². The molecule has 1 heterocycles. The molecule has 1 aromatic carbocycles. The third-order valence-corrected chi connectivity index (χ3v) is 4.51. The highest BCUT2D eigenvalue weighted by Crippen LogP contribution is 2.33. The maximum atomic E-state index is 12.3. The number of benzene rings is 1. The maximum absolute atomic E-state index is 12.3. The molecule has 126 valence electrons. The fourth-order valence-corrected chi connectivity index (χ4v) is 3.52. The van der Waals surface area contributed by atoms with E-state index < -0.39 is 6.36 Å². The lowest BCUT2D eigenvalue weighted by Gasteiger charge is -2.24. The van der Waals surface area contributed by atoms with Gasteiger partial charge in [-0.3, -0.25) is 4.79 Å².